The quantitative estimate of drug-likeness (QED) is 0.448. The summed E-state index contributed by atoms with van der Waals surface area (Å²) in [5.41, 5.74) is 3.39. The number of fused-ring (bicyclic) bond motifs is 1. The number of morpholine rings is 1. The Morgan fingerprint density at radius 3 is 2.41 bits per heavy atom. The topological polar surface area (TPSA) is 107 Å². The van der Waals surface area contributed by atoms with Gasteiger partial charge in [0.15, 0.2) is 0 Å². The first-order valence-electron chi connectivity index (χ1n) is 12.7. The van der Waals surface area contributed by atoms with Crippen molar-refractivity contribution in [2.45, 2.75) is 37.9 Å². The van der Waals surface area contributed by atoms with Crippen molar-refractivity contribution < 1.29 is 9.53 Å². The van der Waals surface area contributed by atoms with Gasteiger partial charge in [0.05, 0.1) is 29.3 Å². The number of ether oxygens (including phenoxy) is 1. The number of hydrogen-bond acceptors (Lipinski definition) is 5. The van der Waals surface area contributed by atoms with Crippen molar-refractivity contribution in [3.63, 3.8) is 0 Å². The first-order chi connectivity index (χ1) is 18.0. The number of benzene rings is 2. The lowest BCUT2D eigenvalue weighted by Crippen LogP contribution is -2.52. The van der Waals surface area contributed by atoms with Gasteiger partial charge in [-0.3, -0.25) is 9.89 Å². The van der Waals surface area contributed by atoms with Crippen LogP contribution in [-0.2, 0) is 4.74 Å². The van der Waals surface area contributed by atoms with E-state index in [0.29, 0.717) is 42.9 Å². The van der Waals surface area contributed by atoms with Gasteiger partial charge in [-0.25, -0.2) is 9.78 Å². The smallest absolute Gasteiger partial charge is 0.320 e. The van der Waals surface area contributed by atoms with Crippen LogP contribution in [0.15, 0.2) is 65.7 Å². The Labute approximate surface area is 214 Å². The molecule has 0 saturated carbocycles. The second-order valence-electron chi connectivity index (χ2n) is 10.1. The molecule has 0 radical (unpaired) electrons. The van der Waals surface area contributed by atoms with Crippen LogP contribution in [0.4, 0.5) is 4.79 Å². The van der Waals surface area contributed by atoms with Crippen LogP contribution in [0.3, 0.4) is 0 Å². The van der Waals surface area contributed by atoms with E-state index in [1.54, 1.807) is 12.4 Å². The number of carbonyl (C=O) groups excluding carboxylic acids is 1. The number of hydrogen-bond donors (Lipinski definition) is 2. The number of rotatable bonds is 3. The Bertz CT molecular complexity index is 1460. The molecule has 2 fully saturated rings. The van der Waals surface area contributed by atoms with Gasteiger partial charge >= 0.3 is 6.03 Å². The maximum absolute atomic E-state index is 13.6. The van der Waals surface area contributed by atoms with Gasteiger partial charge in [0.1, 0.15) is 5.82 Å². The molecule has 0 aliphatic carbocycles. The van der Waals surface area contributed by atoms with E-state index < -0.39 is 0 Å². The molecular formula is C28H30N6O3. The van der Waals surface area contributed by atoms with E-state index in [2.05, 4.69) is 27.3 Å². The minimum atomic E-state index is -0.183. The minimum absolute atomic E-state index is 0.00136. The van der Waals surface area contributed by atoms with E-state index in [1.807, 2.05) is 60.0 Å². The van der Waals surface area contributed by atoms with E-state index in [0.717, 1.165) is 16.7 Å². The molecule has 0 spiro atoms. The van der Waals surface area contributed by atoms with Crippen LogP contribution in [0.2, 0.25) is 0 Å². The Hall–Kier alpha value is -3.98. The highest BCUT2D eigenvalue weighted by molar-refractivity contribution is 5.83. The van der Waals surface area contributed by atoms with E-state index in [4.69, 9.17) is 9.72 Å². The molecule has 2 aliphatic rings. The van der Waals surface area contributed by atoms with Crippen LogP contribution in [0.5, 0.6) is 0 Å². The van der Waals surface area contributed by atoms with Crippen molar-refractivity contribution in [2.75, 3.05) is 26.2 Å². The lowest BCUT2D eigenvalue weighted by atomic mass is 9.88. The van der Waals surface area contributed by atoms with Crippen LogP contribution in [-0.4, -0.2) is 74.4 Å². The standard InChI is InChI=1S/C28H30N6O3/c1-17-13-33(14-18(2)37-17)28(36)34-15-23(19-6-4-3-5-7-19)24(16-34)26-31-25-9-8-20(21-11-29-30-12-21)10-22(25)27(35)32-26/h3-12,17-18,23-24H,13-16H2,1-2H3,(H,29,30)(H,31,32,35). The maximum atomic E-state index is 13.6. The number of carbonyl (C=O) groups is 1. The summed E-state index contributed by atoms with van der Waals surface area (Å²) in [5.74, 6) is 0.501. The van der Waals surface area contributed by atoms with Gasteiger partial charge in [-0.15, -0.1) is 0 Å². The minimum Gasteiger partial charge on any atom is -0.372 e. The summed E-state index contributed by atoms with van der Waals surface area (Å²) in [5, 5.41) is 7.33. The summed E-state index contributed by atoms with van der Waals surface area (Å²) in [6.45, 7) is 6.19. The number of nitrogens with one attached hydrogen (secondary N) is 2. The predicted molar refractivity (Wildman–Crippen MR) is 140 cm³/mol. The molecule has 2 aliphatic heterocycles. The van der Waals surface area contributed by atoms with Crippen molar-refractivity contribution in [1.82, 2.24) is 30.0 Å². The van der Waals surface area contributed by atoms with Crippen LogP contribution in [0.1, 0.15) is 37.1 Å². The number of urea groups is 1. The summed E-state index contributed by atoms with van der Waals surface area (Å²) in [4.78, 5) is 38.5. The molecule has 2 aromatic heterocycles. The summed E-state index contributed by atoms with van der Waals surface area (Å²) < 4.78 is 5.83. The van der Waals surface area contributed by atoms with E-state index in [1.165, 1.54) is 0 Å². The van der Waals surface area contributed by atoms with Gasteiger partial charge in [0, 0.05) is 49.8 Å². The SMILES string of the molecule is CC1CN(C(=O)N2CC(c3ccccc3)C(c3nc4ccc(-c5cn[nH]c5)cc4c(=O)[nH]3)C2)CC(C)O1. The van der Waals surface area contributed by atoms with Gasteiger partial charge in [-0.2, -0.15) is 5.10 Å². The lowest BCUT2D eigenvalue weighted by molar-refractivity contribution is -0.0577. The molecule has 9 nitrogen and oxygen atoms in total. The highest BCUT2D eigenvalue weighted by Crippen LogP contribution is 2.39. The molecule has 37 heavy (non-hydrogen) atoms. The fourth-order valence-electron chi connectivity index (χ4n) is 5.73. The monoisotopic (exact) mass is 498 g/mol. The zero-order valence-electron chi connectivity index (χ0n) is 20.9. The molecule has 4 aromatic rings. The second kappa shape index (κ2) is 9.48. The average Bonchev–Trinajstić information content (AvgIpc) is 3.59. The molecule has 0 bridgehead atoms. The third kappa shape index (κ3) is 4.51. The van der Waals surface area contributed by atoms with Crippen molar-refractivity contribution >= 4 is 16.9 Å². The number of likely N-dealkylation sites (tertiary alicyclic amines) is 1. The Balaban J connectivity index is 1.34. The van der Waals surface area contributed by atoms with Crippen molar-refractivity contribution in [1.29, 1.82) is 0 Å². The number of aromatic nitrogens is 4. The number of H-pyrrole nitrogens is 2. The first kappa shape index (κ1) is 23.4. The van der Waals surface area contributed by atoms with Gasteiger partial charge in [0.2, 0.25) is 0 Å². The Morgan fingerprint density at radius 2 is 1.68 bits per heavy atom. The summed E-state index contributed by atoms with van der Waals surface area (Å²) in [6, 6.07) is 15.9. The van der Waals surface area contributed by atoms with Gasteiger partial charge < -0.3 is 19.5 Å². The Morgan fingerprint density at radius 1 is 0.946 bits per heavy atom. The van der Waals surface area contributed by atoms with Crippen LogP contribution in [0.25, 0.3) is 22.0 Å². The summed E-state index contributed by atoms with van der Waals surface area (Å²) in [6.07, 6.45) is 3.52. The molecule has 4 atom stereocenters. The third-order valence-electron chi connectivity index (χ3n) is 7.41. The van der Waals surface area contributed by atoms with Crippen molar-refractivity contribution in [2.24, 2.45) is 0 Å². The largest absolute Gasteiger partial charge is 0.372 e. The van der Waals surface area contributed by atoms with Gasteiger partial charge in [-0.05, 0) is 37.1 Å². The van der Waals surface area contributed by atoms with Gasteiger partial charge in [0.25, 0.3) is 5.56 Å². The number of aromatic amines is 2. The molecule has 6 rings (SSSR count). The number of nitrogens with zero attached hydrogens (tertiary/aromatic N) is 4. The molecule has 9 heteroatoms. The van der Waals surface area contributed by atoms with Crippen molar-refractivity contribution in [3.8, 4) is 11.1 Å². The highest BCUT2D eigenvalue weighted by atomic mass is 16.5. The fraction of sp³-hybridized carbons (Fsp3) is 0.357. The zero-order valence-corrected chi connectivity index (χ0v) is 20.9. The summed E-state index contributed by atoms with van der Waals surface area (Å²) >= 11 is 0. The zero-order chi connectivity index (χ0) is 25.5. The van der Waals surface area contributed by atoms with E-state index in [9.17, 15) is 9.59 Å². The average molecular weight is 499 g/mol. The van der Waals surface area contributed by atoms with Crippen molar-refractivity contribution in [3.05, 3.63) is 82.7 Å². The van der Waals surface area contributed by atoms with Crippen LogP contribution >= 0.6 is 0 Å². The number of amides is 2. The predicted octanol–water partition coefficient (Wildman–Crippen LogP) is 3.73. The normalized spacial score (nSPS) is 24.1. The summed E-state index contributed by atoms with van der Waals surface area (Å²) in [7, 11) is 0. The molecule has 4 unspecified atom stereocenters. The molecule has 2 aromatic carbocycles. The molecule has 190 valence electrons. The van der Waals surface area contributed by atoms with Crippen LogP contribution in [0, 0.1) is 0 Å². The molecule has 2 amide bonds. The van der Waals surface area contributed by atoms with Crippen LogP contribution < -0.4 is 5.56 Å². The lowest BCUT2D eigenvalue weighted by Gasteiger charge is -2.37. The maximum Gasteiger partial charge on any atom is 0.320 e. The fourth-order valence-corrected chi connectivity index (χ4v) is 5.73. The molecule has 4 heterocycles. The first-order valence-corrected chi connectivity index (χ1v) is 12.7. The molecule has 2 saturated heterocycles. The van der Waals surface area contributed by atoms with E-state index in [-0.39, 0.29) is 35.6 Å². The Kier molecular flexibility index (Phi) is 6.00. The molecular weight excluding hydrogens is 468 g/mol. The molecule has 2 N–H and O–H groups in total. The highest BCUT2D eigenvalue weighted by Gasteiger charge is 2.41. The van der Waals surface area contributed by atoms with E-state index >= 15 is 0 Å². The second-order valence-corrected chi connectivity index (χ2v) is 10.1. The third-order valence-corrected chi connectivity index (χ3v) is 7.41. The van der Waals surface area contributed by atoms with Gasteiger partial charge in [-0.1, -0.05) is 36.4 Å².